The molecule has 2 nitrogen and oxygen atoms in total. The first kappa shape index (κ1) is 8.99. The first-order chi connectivity index (χ1) is 5.11. The number of primary amides is 1. The van der Waals surface area contributed by atoms with Crippen LogP contribution in [0.1, 0.15) is 10.4 Å². The summed E-state index contributed by atoms with van der Waals surface area (Å²) in [6, 6.07) is 5.25. The highest BCUT2D eigenvalue weighted by molar-refractivity contribution is 14.1. The van der Waals surface area contributed by atoms with Crippen LogP contribution >= 0.6 is 38.5 Å². The van der Waals surface area contributed by atoms with Gasteiger partial charge in [0.2, 0.25) is 5.91 Å². The fraction of sp³-hybridized carbons (Fsp3) is 0. The lowest BCUT2D eigenvalue weighted by molar-refractivity contribution is 0.1000. The van der Waals surface area contributed by atoms with Crippen molar-refractivity contribution in [1.82, 2.24) is 0 Å². The normalized spacial score (nSPS) is 9.64. The molecule has 0 fully saturated rings. The van der Waals surface area contributed by atoms with Gasteiger partial charge in [-0.1, -0.05) is 0 Å². The van der Waals surface area contributed by atoms with Crippen molar-refractivity contribution >= 4 is 44.4 Å². The first-order valence-electron chi connectivity index (χ1n) is 2.86. The van der Waals surface area contributed by atoms with Gasteiger partial charge < -0.3 is 5.73 Å². The van der Waals surface area contributed by atoms with Gasteiger partial charge in [-0.05, 0) is 56.7 Å². The van der Waals surface area contributed by atoms with E-state index in [1.807, 2.05) is 6.07 Å². The Hall–Kier alpha value is -0.100. The van der Waals surface area contributed by atoms with Gasteiger partial charge >= 0.3 is 0 Å². The van der Waals surface area contributed by atoms with Gasteiger partial charge in [0.05, 0.1) is 0 Å². The summed E-state index contributed by atoms with van der Waals surface area (Å²) in [6.45, 7) is 0. The first-order valence-corrected chi connectivity index (χ1v) is 4.73. The molecule has 1 aromatic carbocycles. The third kappa shape index (κ3) is 2.16. The summed E-state index contributed by atoms with van der Waals surface area (Å²) in [4.78, 5) is 10.7. The molecule has 0 saturated carbocycles. The highest BCUT2D eigenvalue weighted by Crippen LogP contribution is 2.19. The van der Waals surface area contributed by atoms with Crippen molar-refractivity contribution in [3.63, 3.8) is 0 Å². The topological polar surface area (TPSA) is 43.1 Å². The molecular weight excluding hydrogens is 321 g/mol. The second-order valence-electron chi connectivity index (χ2n) is 1.99. The van der Waals surface area contributed by atoms with Crippen molar-refractivity contribution in [3.8, 4) is 0 Å². The summed E-state index contributed by atoms with van der Waals surface area (Å²) in [7, 11) is 0. The lowest BCUT2D eigenvalue weighted by Gasteiger charge is -1.97. The minimum atomic E-state index is -0.401. The number of carbonyl (C=O) groups excluding carboxylic acids is 1. The molecule has 1 amide bonds. The molecule has 0 heterocycles. The lowest BCUT2D eigenvalue weighted by Crippen LogP contribution is -2.10. The molecule has 0 radical (unpaired) electrons. The number of amides is 1. The van der Waals surface area contributed by atoms with Crippen LogP contribution in [0.3, 0.4) is 0 Å². The SMILES string of the molecule is NC(=O)c1ccc(I)c(Br)c1. The average Bonchev–Trinajstić information content (AvgIpc) is 1.94. The maximum Gasteiger partial charge on any atom is 0.248 e. The summed E-state index contributed by atoms with van der Waals surface area (Å²) in [5, 5.41) is 0. The molecule has 1 rings (SSSR count). The number of nitrogens with two attached hydrogens (primary N) is 1. The molecular formula is C7H5BrINO. The van der Waals surface area contributed by atoms with E-state index in [2.05, 4.69) is 38.5 Å². The Bertz CT molecular complexity index is 300. The lowest BCUT2D eigenvalue weighted by atomic mass is 10.2. The summed E-state index contributed by atoms with van der Waals surface area (Å²) < 4.78 is 1.96. The zero-order chi connectivity index (χ0) is 8.43. The van der Waals surface area contributed by atoms with Gasteiger partial charge in [-0.2, -0.15) is 0 Å². The maximum atomic E-state index is 10.7. The summed E-state index contributed by atoms with van der Waals surface area (Å²) >= 11 is 5.46. The molecule has 0 bridgehead atoms. The van der Waals surface area contributed by atoms with Crippen LogP contribution < -0.4 is 5.73 Å². The maximum absolute atomic E-state index is 10.7. The quantitative estimate of drug-likeness (QED) is 0.790. The van der Waals surface area contributed by atoms with Crippen LogP contribution in [-0.2, 0) is 0 Å². The molecule has 1 aromatic rings. The van der Waals surface area contributed by atoms with Gasteiger partial charge in [-0.15, -0.1) is 0 Å². The zero-order valence-corrected chi connectivity index (χ0v) is 9.22. The minimum absolute atomic E-state index is 0.401. The molecule has 0 atom stereocenters. The van der Waals surface area contributed by atoms with E-state index in [9.17, 15) is 4.79 Å². The highest BCUT2D eigenvalue weighted by atomic mass is 127. The van der Waals surface area contributed by atoms with Crippen LogP contribution in [0.4, 0.5) is 0 Å². The van der Waals surface area contributed by atoms with E-state index in [1.54, 1.807) is 12.1 Å². The third-order valence-corrected chi connectivity index (χ3v) is 3.54. The van der Waals surface area contributed by atoms with Gasteiger partial charge in [0.1, 0.15) is 0 Å². The van der Waals surface area contributed by atoms with E-state index in [0.29, 0.717) is 5.56 Å². The molecule has 0 aromatic heterocycles. The van der Waals surface area contributed by atoms with Crippen LogP contribution in [0, 0.1) is 3.57 Å². The second kappa shape index (κ2) is 3.53. The zero-order valence-electron chi connectivity index (χ0n) is 5.47. The van der Waals surface area contributed by atoms with Gasteiger partial charge in [0, 0.05) is 13.6 Å². The number of hydrogen-bond donors (Lipinski definition) is 1. The van der Waals surface area contributed by atoms with Crippen LogP contribution in [0.2, 0.25) is 0 Å². The molecule has 0 aliphatic carbocycles. The van der Waals surface area contributed by atoms with Crippen molar-refractivity contribution < 1.29 is 4.79 Å². The highest BCUT2D eigenvalue weighted by Gasteiger charge is 2.01. The Balaban J connectivity index is 3.15. The van der Waals surface area contributed by atoms with Crippen molar-refractivity contribution in [1.29, 1.82) is 0 Å². The fourth-order valence-electron chi connectivity index (χ4n) is 0.649. The summed E-state index contributed by atoms with van der Waals surface area (Å²) in [6.07, 6.45) is 0. The number of hydrogen-bond acceptors (Lipinski definition) is 1. The molecule has 0 spiro atoms. The molecule has 0 aliphatic heterocycles. The van der Waals surface area contributed by atoms with Crippen LogP contribution in [-0.4, -0.2) is 5.91 Å². The molecule has 58 valence electrons. The molecule has 0 saturated heterocycles. The predicted molar refractivity (Wildman–Crippen MR) is 55.4 cm³/mol. The van der Waals surface area contributed by atoms with E-state index in [0.717, 1.165) is 8.04 Å². The van der Waals surface area contributed by atoms with Gasteiger partial charge in [-0.25, -0.2) is 0 Å². The van der Waals surface area contributed by atoms with Crippen LogP contribution in [0.15, 0.2) is 22.7 Å². The Labute approximate surface area is 86.4 Å². The fourth-order valence-corrected chi connectivity index (χ4v) is 1.36. The van der Waals surface area contributed by atoms with E-state index < -0.39 is 5.91 Å². The Kier molecular flexibility index (Phi) is 2.89. The largest absolute Gasteiger partial charge is 0.366 e. The molecule has 0 unspecified atom stereocenters. The predicted octanol–water partition coefficient (Wildman–Crippen LogP) is 2.15. The van der Waals surface area contributed by atoms with Crippen LogP contribution in [0.25, 0.3) is 0 Å². The monoisotopic (exact) mass is 325 g/mol. The molecule has 2 N–H and O–H groups in total. The van der Waals surface area contributed by atoms with Crippen molar-refractivity contribution in [2.75, 3.05) is 0 Å². The van der Waals surface area contributed by atoms with E-state index in [4.69, 9.17) is 5.73 Å². The van der Waals surface area contributed by atoms with Crippen molar-refractivity contribution in [2.45, 2.75) is 0 Å². The second-order valence-corrected chi connectivity index (χ2v) is 4.01. The van der Waals surface area contributed by atoms with E-state index in [-0.39, 0.29) is 0 Å². The van der Waals surface area contributed by atoms with Gasteiger partial charge in [0.15, 0.2) is 0 Å². The van der Waals surface area contributed by atoms with E-state index in [1.165, 1.54) is 0 Å². The number of halogens is 2. The number of benzene rings is 1. The molecule has 11 heavy (non-hydrogen) atoms. The Morgan fingerprint density at radius 3 is 2.64 bits per heavy atom. The number of carbonyl (C=O) groups is 1. The third-order valence-electron chi connectivity index (χ3n) is 1.20. The van der Waals surface area contributed by atoms with E-state index >= 15 is 0 Å². The van der Waals surface area contributed by atoms with Crippen molar-refractivity contribution in [2.24, 2.45) is 5.73 Å². The number of rotatable bonds is 1. The van der Waals surface area contributed by atoms with Gasteiger partial charge in [-0.3, -0.25) is 4.79 Å². The minimum Gasteiger partial charge on any atom is -0.366 e. The molecule has 4 heteroatoms. The standard InChI is InChI=1S/C7H5BrINO/c8-5-3-4(7(10)11)1-2-6(5)9/h1-3H,(H2,10,11). The summed E-state index contributed by atoms with van der Waals surface area (Å²) in [5.74, 6) is -0.401. The summed E-state index contributed by atoms with van der Waals surface area (Å²) in [5.41, 5.74) is 5.60. The van der Waals surface area contributed by atoms with Crippen LogP contribution in [0.5, 0.6) is 0 Å². The molecule has 0 aliphatic rings. The smallest absolute Gasteiger partial charge is 0.248 e. The average molecular weight is 326 g/mol. The van der Waals surface area contributed by atoms with Gasteiger partial charge in [0.25, 0.3) is 0 Å². The Morgan fingerprint density at radius 2 is 2.18 bits per heavy atom. The van der Waals surface area contributed by atoms with Crippen molar-refractivity contribution in [3.05, 3.63) is 31.8 Å². The Morgan fingerprint density at radius 1 is 1.55 bits per heavy atom.